The van der Waals surface area contributed by atoms with Crippen molar-refractivity contribution in [3.63, 3.8) is 0 Å². The van der Waals surface area contributed by atoms with Gasteiger partial charge in [-0.05, 0) is 6.07 Å². The molecule has 0 aromatic heterocycles. The Kier molecular flexibility index (Phi) is 3.05. The lowest BCUT2D eigenvalue weighted by Gasteiger charge is -2.09. The number of ether oxygens (including phenoxy) is 1. The maximum atomic E-state index is 13.1. The average Bonchev–Trinajstić information content (AvgIpc) is 2.12. The highest BCUT2D eigenvalue weighted by Crippen LogP contribution is 2.29. The first kappa shape index (κ1) is 9.76. The zero-order valence-corrected chi connectivity index (χ0v) is 7.04. The van der Waals surface area contributed by atoms with Crippen molar-refractivity contribution in [1.29, 1.82) is 0 Å². The van der Waals surface area contributed by atoms with Gasteiger partial charge in [-0.2, -0.15) is 4.39 Å². The van der Waals surface area contributed by atoms with Gasteiger partial charge in [0, 0.05) is 12.1 Å². The van der Waals surface area contributed by atoms with Gasteiger partial charge in [-0.25, -0.2) is 5.48 Å². The first-order valence-corrected chi connectivity index (χ1v) is 3.62. The van der Waals surface area contributed by atoms with Gasteiger partial charge in [0.25, 0.3) is 0 Å². The van der Waals surface area contributed by atoms with Crippen LogP contribution in [0, 0.1) is 5.82 Å². The lowest BCUT2D eigenvalue weighted by atomic mass is 10.2. The molecule has 3 N–H and O–H groups in total. The van der Waals surface area contributed by atoms with E-state index in [0.717, 1.165) is 0 Å². The first-order valence-electron chi connectivity index (χ1n) is 3.62. The molecule has 1 aromatic rings. The number of benzene rings is 1. The van der Waals surface area contributed by atoms with Crippen molar-refractivity contribution in [2.24, 2.45) is 0 Å². The lowest BCUT2D eigenvalue weighted by Crippen LogP contribution is -2.08. The summed E-state index contributed by atoms with van der Waals surface area (Å²) in [6.07, 6.45) is 0. The van der Waals surface area contributed by atoms with Crippen molar-refractivity contribution >= 4 is 0 Å². The van der Waals surface area contributed by atoms with E-state index in [0.29, 0.717) is 5.56 Å². The maximum Gasteiger partial charge on any atom is 0.206 e. The van der Waals surface area contributed by atoms with Crippen LogP contribution in [0.3, 0.4) is 0 Å². The molecule has 0 spiro atoms. The summed E-state index contributed by atoms with van der Waals surface area (Å²) in [5.74, 6) is -1.37. The number of aromatic hydroxyl groups is 1. The molecule has 0 bridgehead atoms. The molecule has 0 aliphatic carbocycles. The Morgan fingerprint density at radius 3 is 2.77 bits per heavy atom. The molecule has 0 saturated carbocycles. The number of hydrogen-bond donors (Lipinski definition) is 3. The van der Waals surface area contributed by atoms with E-state index in [9.17, 15) is 4.39 Å². The van der Waals surface area contributed by atoms with Gasteiger partial charge in [-0.1, -0.05) is 6.07 Å². The topological polar surface area (TPSA) is 61.7 Å². The third-order valence-electron chi connectivity index (χ3n) is 1.63. The van der Waals surface area contributed by atoms with Gasteiger partial charge in [-0.15, -0.1) is 0 Å². The molecular formula is C8H10FNO3. The van der Waals surface area contributed by atoms with Gasteiger partial charge in [-0.3, -0.25) is 0 Å². The van der Waals surface area contributed by atoms with Crippen LogP contribution in [-0.2, 0) is 6.54 Å². The summed E-state index contributed by atoms with van der Waals surface area (Å²) in [6.45, 7) is 0.0559. The van der Waals surface area contributed by atoms with Gasteiger partial charge in [0.15, 0.2) is 11.5 Å². The van der Waals surface area contributed by atoms with Gasteiger partial charge >= 0.3 is 0 Å². The maximum absolute atomic E-state index is 13.1. The molecule has 5 heteroatoms. The summed E-state index contributed by atoms with van der Waals surface area (Å²) in [6, 6.07) is 2.66. The Hall–Kier alpha value is -1.33. The zero-order valence-electron chi connectivity index (χ0n) is 7.04. The molecule has 0 fully saturated rings. The Morgan fingerprint density at radius 2 is 2.23 bits per heavy atom. The van der Waals surface area contributed by atoms with E-state index in [2.05, 4.69) is 0 Å². The normalized spacial score (nSPS) is 10.1. The highest BCUT2D eigenvalue weighted by atomic mass is 19.1. The first-order chi connectivity index (χ1) is 6.20. The van der Waals surface area contributed by atoms with Crippen LogP contribution in [-0.4, -0.2) is 17.4 Å². The minimum atomic E-state index is -0.824. The molecule has 0 heterocycles. The summed E-state index contributed by atoms with van der Waals surface area (Å²) < 4.78 is 17.8. The fraction of sp³-hybridized carbons (Fsp3) is 0.250. The van der Waals surface area contributed by atoms with Crippen LogP contribution in [0.25, 0.3) is 0 Å². The van der Waals surface area contributed by atoms with E-state index >= 15 is 0 Å². The largest absolute Gasteiger partial charge is 0.505 e. The third-order valence-corrected chi connectivity index (χ3v) is 1.63. The fourth-order valence-electron chi connectivity index (χ4n) is 1.03. The quantitative estimate of drug-likeness (QED) is 0.618. The molecule has 0 radical (unpaired) electrons. The van der Waals surface area contributed by atoms with Crippen LogP contribution >= 0.6 is 0 Å². The molecule has 0 saturated heterocycles. The highest BCUT2D eigenvalue weighted by molar-refractivity contribution is 5.41. The molecule has 13 heavy (non-hydrogen) atoms. The molecule has 1 aromatic carbocycles. The predicted octanol–water partition coefficient (Wildman–Crippen LogP) is 1.02. The summed E-state index contributed by atoms with van der Waals surface area (Å²) >= 11 is 0. The Bertz CT molecular complexity index is 304. The van der Waals surface area contributed by atoms with Crippen LogP contribution in [0.15, 0.2) is 12.1 Å². The Morgan fingerprint density at radius 1 is 1.54 bits per heavy atom. The van der Waals surface area contributed by atoms with Crippen LogP contribution in [0.4, 0.5) is 4.39 Å². The van der Waals surface area contributed by atoms with E-state index in [-0.39, 0.29) is 12.3 Å². The second kappa shape index (κ2) is 4.06. The number of phenolic OH excluding ortho intramolecular Hbond substituents is 1. The molecule has 72 valence electrons. The number of methoxy groups -OCH3 is 1. The summed E-state index contributed by atoms with van der Waals surface area (Å²) in [5.41, 5.74) is 2.31. The number of nitrogens with one attached hydrogen (secondary N) is 1. The molecule has 4 nitrogen and oxygen atoms in total. The van der Waals surface area contributed by atoms with Crippen molar-refractivity contribution in [2.45, 2.75) is 6.54 Å². The number of hydroxylamine groups is 1. The van der Waals surface area contributed by atoms with E-state index in [1.807, 2.05) is 5.48 Å². The number of rotatable bonds is 3. The molecular weight excluding hydrogens is 177 g/mol. The molecule has 0 aliphatic rings. The van der Waals surface area contributed by atoms with Gasteiger partial charge in [0.1, 0.15) is 0 Å². The van der Waals surface area contributed by atoms with Gasteiger partial charge in [0.2, 0.25) is 5.82 Å². The van der Waals surface area contributed by atoms with Crippen molar-refractivity contribution in [2.75, 3.05) is 7.11 Å². The van der Waals surface area contributed by atoms with E-state index in [4.69, 9.17) is 15.1 Å². The SMILES string of the molecule is COc1c(CNO)ccc(O)c1F. The standard InChI is InChI=1S/C8H10FNO3/c1-13-8-5(4-10-12)2-3-6(11)7(8)9/h2-3,10-12H,4H2,1H3. The van der Waals surface area contributed by atoms with Crippen molar-refractivity contribution in [3.8, 4) is 11.5 Å². The van der Waals surface area contributed by atoms with Crippen molar-refractivity contribution in [3.05, 3.63) is 23.5 Å². The van der Waals surface area contributed by atoms with Gasteiger partial charge in [0.05, 0.1) is 7.11 Å². The Labute approximate surface area is 74.5 Å². The number of halogens is 1. The molecule has 0 aliphatic heterocycles. The minimum absolute atomic E-state index is 0.0559. The summed E-state index contributed by atoms with van der Waals surface area (Å²) in [4.78, 5) is 0. The average molecular weight is 187 g/mol. The molecule has 0 amide bonds. The van der Waals surface area contributed by atoms with E-state index < -0.39 is 11.6 Å². The van der Waals surface area contributed by atoms with Crippen LogP contribution in [0.2, 0.25) is 0 Å². The second-order valence-electron chi connectivity index (χ2n) is 2.43. The zero-order chi connectivity index (χ0) is 9.84. The van der Waals surface area contributed by atoms with Crippen molar-refractivity contribution in [1.82, 2.24) is 5.48 Å². The number of hydrogen-bond acceptors (Lipinski definition) is 4. The van der Waals surface area contributed by atoms with Crippen LogP contribution in [0.1, 0.15) is 5.56 Å². The second-order valence-corrected chi connectivity index (χ2v) is 2.43. The van der Waals surface area contributed by atoms with E-state index in [1.165, 1.54) is 19.2 Å². The van der Waals surface area contributed by atoms with Crippen molar-refractivity contribution < 1.29 is 19.4 Å². The highest BCUT2D eigenvalue weighted by Gasteiger charge is 2.12. The predicted molar refractivity (Wildman–Crippen MR) is 43.2 cm³/mol. The fourth-order valence-corrected chi connectivity index (χ4v) is 1.03. The third kappa shape index (κ3) is 1.88. The summed E-state index contributed by atoms with van der Waals surface area (Å²) in [5, 5.41) is 17.4. The smallest absolute Gasteiger partial charge is 0.206 e. The number of phenols is 1. The molecule has 0 atom stereocenters. The monoisotopic (exact) mass is 187 g/mol. The van der Waals surface area contributed by atoms with Gasteiger partial charge < -0.3 is 15.1 Å². The van der Waals surface area contributed by atoms with Crippen LogP contribution in [0.5, 0.6) is 11.5 Å². The minimum Gasteiger partial charge on any atom is -0.505 e. The Balaban J connectivity index is 3.13. The van der Waals surface area contributed by atoms with E-state index in [1.54, 1.807) is 0 Å². The lowest BCUT2D eigenvalue weighted by molar-refractivity contribution is 0.159. The molecule has 1 rings (SSSR count). The molecule has 0 unspecified atom stereocenters. The van der Waals surface area contributed by atoms with Crippen LogP contribution < -0.4 is 10.2 Å². The summed E-state index contributed by atoms with van der Waals surface area (Å²) in [7, 11) is 1.29.